The van der Waals surface area contributed by atoms with E-state index in [4.69, 9.17) is 11.6 Å². The van der Waals surface area contributed by atoms with Crippen LogP contribution in [-0.4, -0.2) is 31.2 Å². The van der Waals surface area contributed by atoms with Gasteiger partial charge in [-0.15, -0.1) is 0 Å². The Kier molecular flexibility index (Phi) is 3.73. The van der Waals surface area contributed by atoms with Crippen molar-refractivity contribution in [2.75, 3.05) is 0 Å². The third-order valence-corrected chi connectivity index (χ3v) is 4.71. The fourth-order valence-electron chi connectivity index (χ4n) is 3.04. The van der Waals surface area contributed by atoms with Gasteiger partial charge >= 0.3 is 0 Å². The van der Waals surface area contributed by atoms with Crippen LogP contribution in [0.3, 0.4) is 0 Å². The van der Waals surface area contributed by atoms with Gasteiger partial charge in [0.2, 0.25) is 0 Å². The number of aromatic nitrogens is 3. The fraction of sp³-hybridized carbons (Fsp3) is 0.278. The molecule has 1 amide bonds. The average molecular weight is 341 g/mol. The predicted molar refractivity (Wildman–Crippen MR) is 92.0 cm³/mol. The zero-order chi connectivity index (χ0) is 16.7. The van der Waals surface area contributed by atoms with E-state index in [1.165, 1.54) is 0 Å². The Morgan fingerprint density at radius 1 is 1.21 bits per heavy atom. The highest BCUT2D eigenvalue weighted by Gasteiger charge is 2.38. The number of rotatable bonds is 4. The average Bonchev–Trinajstić information content (AvgIpc) is 3.30. The Morgan fingerprint density at radius 3 is 2.54 bits per heavy atom. The summed E-state index contributed by atoms with van der Waals surface area (Å²) in [5.74, 6) is -0.0725. The maximum atomic E-state index is 13.2. The van der Waals surface area contributed by atoms with E-state index in [0.29, 0.717) is 16.4 Å². The molecule has 1 fully saturated rings. The lowest BCUT2D eigenvalue weighted by molar-refractivity contribution is 0.0669. The molecule has 2 heterocycles. The highest BCUT2D eigenvalue weighted by atomic mass is 35.5. The van der Waals surface area contributed by atoms with E-state index in [-0.39, 0.29) is 18.0 Å². The number of amides is 1. The van der Waals surface area contributed by atoms with Crippen molar-refractivity contribution in [1.29, 1.82) is 0 Å². The molecule has 1 saturated carbocycles. The molecule has 1 aromatic carbocycles. The first-order valence-electron chi connectivity index (χ1n) is 8.01. The van der Waals surface area contributed by atoms with Crippen molar-refractivity contribution in [2.24, 2.45) is 0 Å². The largest absolute Gasteiger partial charge is 0.327 e. The first-order chi connectivity index (χ1) is 11.6. The number of hydrogen-bond acceptors (Lipinski definition) is 3. The molecule has 3 aromatic rings. The summed E-state index contributed by atoms with van der Waals surface area (Å²) < 4.78 is 1.82. The van der Waals surface area contributed by atoms with Crippen LogP contribution in [0.1, 0.15) is 41.9 Å². The minimum absolute atomic E-state index is 0.0423. The van der Waals surface area contributed by atoms with Crippen LogP contribution in [0.15, 0.2) is 49.1 Å². The molecule has 122 valence electrons. The molecule has 0 radical (unpaired) electrons. The first kappa shape index (κ1) is 15.1. The molecule has 0 N–H and O–H groups in total. The van der Waals surface area contributed by atoms with E-state index < -0.39 is 0 Å². The van der Waals surface area contributed by atoms with E-state index in [9.17, 15) is 4.79 Å². The second-order valence-corrected chi connectivity index (χ2v) is 6.54. The Labute approximate surface area is 144 Å². The maximum Gasteiger partial charge on any atom is 0.277 e. The quantitative estimate of drug-likeness (QED) is 0.726. The highest BCUT2D eigenvalue weighted by Crippen LogP contribution is 2.36. The van der Waals surface area contributed by atoms with Crippen molar-refractivity contribution in [2.45, 2.75) is 31.8 Å². The Bertz CT molecular complexity index is 885. The summed E-state index contributed by atoms with van der Waals surface area (Å²) in [7, 11) is 0. The molecule has 1 unspecified atom stereocenters. The van der Waals surface area contributed by atoms with Gasteiger partial charge in [0.15, 0.2) is 11.3 Å². The van der Waals surface area contributed by atoms with Gasteiger partial charge in [-0.1, -0.05) is 23.7 Å². The number of hydrogen-bond donors (Lipinski definition) is 0. The van der Waals surface area contributed by atoms with Gasteiger partial charge in [0.1, 0.15) is 0 Å². The minimum Gasteiger partial charge on any atom is -0.327 e. The van der Waals surface area contributed by atoms with Gasteiger partial charge in [-0.05, 0) is 37.5 Å². The van der Waals surface area contributed by atoms with Crippen LogP contribution < -0.4 is 0 Å². The van der Waals surface area contributed by atoms with Gasteiger partial charge in [-0.2, -0.15) is 0 Å². The van der Waals surface area contributed by atoms with Gasteiger partial charge in [0.05, 0.1) is 6.04 Å². The van der Waals surface area contributed by atoms with Gasteiger partial charge in [0.25, 0.3) is 5.91 Å². The molecule has 1 atom stereocenters. The van der Waals surface area contributed by atoms with Crippen LogP contribution in [0.4, 0.5) is 0 Å². The zero-order valence-electron chi connectivity index (χ0n) is 13.3. The van der Waals surface area contributed by atoms with Gasteiger partial charge in [-0.3, -0.25) is 4.79 Å². The van der Waals surface area contributed by atoms with Crippen molar-refractivity contribution < 1.29 is 4.79 Å². The van der Waals surface area contributed by atoms with Crippen molar-refractivity contribution in [3.8, 4) is 0 Å². The van der Waals surface area contributed by atoms with Crippen LogP contribution in [0.5, 0.6) is 0 Å². The molecule has 1 aliphatic rings. The minimum atomic E-state index is -0.0725. The zero-order valence-corrected chi connectivity index (χ0v) is 14.0. The molecule has 4 rings (SSSR count). The third-order valence-electron chi connectivity index (χ3n) is 4.46. The van der Waals surface area contributed by atoms with Crippen LogP contribution in [0.25, 0.3) is 5.65 Å². The molecular formula is C18H17ClN4O. The van der Waals surface area contributed by atoms with E-state index in [2.05, 4.69) is 9.97 Å². The molecule has 0 aliphatic heterocycles. The van der Waals surface area contributed by atoms with Gasteiger partial charge in [0, 0.05) is 35.9 Å². The molecule has 2 aromatic heterocycles. The maximum absolute atomic E-state index is 13.2. The lowest BCUT2D eigenvalue weighted by atomic mass is 10.1. The van der Waals surface area contributed by atoms with E-state index in [1.54, 1.807) is 18.6 Å². The molecule has 0 saturated heterocycles. The summed E-state index contributed by atoms with van der Waals surface area (Å²) in [6.45, 7) is 2.05. The van der Waals surface area contributed by atoms with Crippen LogP contribution in [-0.2, 0) is 0 Å². The number of benzene rings is 1. The van der Waals surface area contributed by atoms with Crippen LogP contribution >= 0.6 is 11.6 Å². The third kappa shape index (κ3) is 2.65. The number of imidazole rings is 1. The Balaban J connectivity index is 1.71. The van der Waals surface area contributed by atoms with E-state index in [1.807, 2.05) is 46.7 Å². The lowest BCUT2D eigenvalue weighted by Gasteiger charge is -2.29. The summed E-state index contributed by atoms with van der Waals surface area (Å²) >= 11 is 5.98. The molecular weight excluding hydrogens is 324 g/mol. The molecule has 5 nitrogen and oxygen atoms in total. The standard InChI is InChI=1S/C18H17ClN4O/c1-12(13-2-4-14(19)5-3-13)23(15-6-7-15)18(24)16-17-21-9-11-22(17)10-8-20-16/h2-5,8-12,15H,6-7H2,1H3. The van der Waals surface area contributed by atoms with Crippen molar-refractivity contribution in [3.05, 3.63) is 65.3 Å². The first-order valence-corrected chi connectivity index (χ1v) is 8.39. The molecule has 6 heteroatoms. The number of nitrogens with zero attached hydrogens (tertiary/aromatic N) is 4. The molecule has 24 heavy (non-hydrogen) atoms. The summed E-state index contributed by atoms with van der Waals surface area (Å²) in [5.41, 5.74) is 2.06. The second-order valence-electron chi connectivity index (χ2n) is 6.11. The summed E-state index contributed by atoms with van der Waals surface area (Å²) in [5, 5.41) is 0.694. The predicted octanol–water partition coefficient (Wildman–Crippen LogP) is 3.75. The van der Waals surface area contributed by atoms with Gasteiger partial charge in [-0.25, -0.2) is 9.97 Å². The van der Waals surface area contributed by atoms with Gasteiger partial charge < -0.3 is 9.30 Å². The number of fused-ring (bicyclic) bond motifs is 1. The second kappa shape index (κ2) is 5.91. The van der Waals surface area contributed by atoms with Crippen LogP contribution in [0.2, 0.25) is 5.02 Å². The Hall–Kier alpha value is -2.40. The summed E-state index contributed by atoms with van der Waals surface area (Å²) in [6.07, 6.45) is 8.99. The fourth-order valence-corrected chi connectivity index (χ4v) is 3.17. The number of halogens is 1. The highest BCUT2D eigenvalue weighted by molar-refractivity contribution is 6.30. The normalized spacial score (nSPS) is 15.4. The van der Waals surface area contributed by atoms with E-state index >= 15 is 0 Å². The van der Waals surface area contributed by atoms with Crippen LogP contribution in [0, 0.1) is 0 Å². The topological polar surface area (TPSA) is 50.5 Å². The monoisotopic (exact) mass is 340 g/mol. The summed E-state index contributed by atoms with van der Waals surface area (Å²) in [6, 6.07) is 7.88. The lowest BCUT2D eigenvalue weighted by Crippen LogP contribution is -2.36. The van der Waals surface area contributed by atoms with Crippen molar-refractivity contribution >= 4 is 23.2 Å². The van der Waals surface area contributed by atoms with Crippen molar-refractivity contribution in [1.82, 2.24) is 19.3 Å². The molecule has 0 spiro atoms. The number of carbonyl (C=O) groups is 1. The van der Waals surface area contributed by atoms with E-state index in [0.717, 1.165) is 18.4 Å². The smallest absolute Gasteiger partial charge is 0.277 e. The Morgan fingerprint density at radius 2 is 1.88 bits per heavy atom. The number of carbonyl (C=O) groups excluding carboxylic acids is 1. The summed E-state index contributed by atoms with van der Waals surface area (Å²) in [4.78, 5) is 23.7. The van der Waals surface area contributed by atoms with Crippen molar-refractivity contribution in [3.63, 3.8) is 0 Å². The molecule has 0 bridgehead atoms. The SMILES string of the molecule is CC(c1ccc(Cl)cc1)N(C(=O)c1nccn2ccnc12)C1CC1. The molecule has 1 aliphatic carbocycles.